The van der Waals surface area contributed by atoms with E-state index in [2.05, 4.69) is 17.4 Å². The average Bonchev–Trinajstić information content (AvgIpc) is 2.48. The van der Waals surface area contributed by atoms with Crippen LogP contribution in [0.25, 0.3) is 0 Å². The van der Waals surface area contributed by atoms with Gasteiger partial charge in [-0.1, -0.05) is 0 Å². The fraction of sp³-hybridized carbons (Fsp3) is 0.429. The molecule has 0 spiro atoms. The van der Waals surface area contributed by atoms with E-state index < -0.39 is 30.9 Å². The van der Waals surface area contributed by atoms with Crippen molar-refractivity contribution < 1.29 is 25.9 Å². The van der Waals surface area contributed by atoms with E-state index in [-0.39, 0.29) is 18.4 Å². The summed E-state index contributed by atoms with van der Waals surface area (Å²) in [5, 5.41) is 0. The predicted molar refractivity (Wildman–Crippen MR) is 53.0 cm³/mol. The molecule has 0 aliphatic heterocycles. The van der Waals surface area contributed by atoms with Crippen LogP contribution >= 0.6 is 0 Å². The summed E-state index contributed by atoms with van der Waals surface area (Å²) in [7, 11) is -8.46. The topological polar surface area (TPSA) is 125 Å². The third kappa shape index (κ3) is 3.93. The second-order valence-electron chi connectivity index (χ2n) is 3.05. The summed E-state index contributed by atoms with van der Waals surface area (Å²) < 4.78 is 59.6. The molecule has 90 valence electrons. The normalized spacial score (nSPS) is 12.9. The van der Waals surface area contributed by atoms with Crippen molar-refractivity contribution >= 4 is 20.2 Å². The summed E-state index contributed by atoms with van der Waals surface area (Å²) in [6, 6.07) is 0. The largest absolute Gasteiger partial charge is 0.351 e. The van der Waals surface area contributed by atoms with Gasteiger partial charge < -0.3 is 4.98 Å². The number of aromatic amines is 1. The molecule has 7 nitrogen and oxygen atoms in total. The summed E-state index contributed by atoms with van der Waals surface area (Å²) in [6.07, 6.45) is 4.62. The molecule has 0 saturated heterocycles. The lowest BCUT2D eigenvalue weighted by atomic mass is 10.2. The molecular weight excluding hydrogens is 258 g/mol. The van der Waals surface area contributed by atoms with Crippen LogP contribution in [-0.2, 0) is 26.7 Å². The highest BCUT2D eigenvalue weighted by Gasteiger charge is 2.17. The Morgan fingerprint density at radius 1 is 1.12 bits per heavy atom. The molecule has 9 heteroatoms. The van der Waals surface area contributed by atoms with Crippen LogP contribution in [0.2, 0.25) is 0 Å². The molecule has 0 saturated carbocycles. The quantitative estimate of drug-likeness (QED) is 0.628. The van der Waals surface area contributed by atoms with E-state index in [0.29, 0.717) is 0 Å². The Labute approximate surface area is 93.0 Å². The molecule has 0 aliphatic rings. The summed E-state index contributed by atoms with van der Waals surface area (Å²) in [4.78, 5) is 1.80. The fourth-order valence-electron chi connectivity index (χ4n) is 1.12. The number of aromatic nitrogens is 1. The van der Waals surface area contributed by atoms with E-state index >= 15 is 0 Å². The van der Waals surface area contributed by atoms with E-state index in [0.717, 1.165) is 0 Å². The fourth-order valence-corrected chi connectivity index (χ4v) is 2.28. The Kier molecular flexibility index (Phi) is 3.73. The maximum absolute atomic E-state index is 10.8. The zero-order valence-corrected chi connectivity index (χ0v) is 9.60. The van der Waals surface area contributed by atoms with Crippen LogP contribution in [0.15, 0.2) is 4.90 Å². The number of nitrogens with one attached hydrogen (secondary N) is 1. The molecule has 0 bridgehead atoms. The molecule has 16 heavy (non-hydrogen) atoms. The van der Waals surface area contributed by atoms with Gasteiger partial charge in [0.2, 0.25) is 0 Å². The third-order valence-electron chi connectivity index (χ3n) is 1.75. The number of rotatable bonds is 5. The summed E-state index contributed by atoms with van der Waals surface area (Å²) >= 11 is 0. The molecular formula is C7H9NO6S2. The summed E-state index contributed by atoms with van der Waals surface area (Å²) in [6.45, 7) is 0. The van der Waals surface area contributed by atoms with Crippen LogP contribution in [0.5, 0.6) is 0 Å². The Morgan fingerprint density at radius 2 is 1.75 bits per heavy atom. The van der Waals surface area contributed by atoms with Gasteiger partial charge in [0.05, 0.1) is 18.1 Å². The first kappa shape index (κ1) is 13.2. The van der Waals surface area contributed by atoms with Crippen LogP contribution in [0, 0.1) is 12.4 Å². The summed E-state index contributed by atoms with van der Waals surface area (Å²) in [5.74, 6) is -0.489. The molecule has 0 fully saturated rings. The monoisotopic (exact) mass is 267 g/mol. The lowest BCUT2D eigenvalue weighted by Gasteiger charge is -1.99. The van der Waals surface area contributed by atoms with Gasteiger partial charge in [-0.15, -0.1) is 0 Å². The van der Waals surface area contributed by atoms with E-state index in [4.69, 9.17) is 9.11 Å². The van der Waals surface area contributed by atoms with Gasteiger partial charge >= 0.3 is 0 Å². The van der Waals surface area contributed by atoms with Crippen molar-refractivity contribution in [2.75, 3.05) is 5.75 Å². The Hall–Kier alpha value is -0.900. The zero-order valence-electron chi connectivity index (χ0n) is 7.97. The van der Waals surface area contributed by atoms with Crippen molar-refractivity contribution in [3.63, 3.8) is 0 Å². The number of hydrogen-bond acceptors (Lipinski definition) is 4. The van der Waals surface area contributed by atoms with Gasteiger partial charge in [-0.3, -0.25) is 9.11 Å². The van der Waals surface area contributed by atoms with Crippen molar-refractivity contribution in [3.05, 3.63) is 18.0 Å². The van der Waals surface area contributed by atoms with Gasteiger partial charge in [0.1, 0.15) is 4.90 Å². The predicted octanol–water partition coefficient (Wildman–Crippen LogP) is -0.318. The SMILES string of the molecule is O=S(=O)(O)CCCc1[c][nH][c]c1S(=O)(=O)O. The van der Waals surface area contributed by atoms with Gasteiger partial charge in [0.15, 0.2) is 0 Å². The number of hydrogen-bond donors (Lipinski definition) is 3. The first-order valence-corrected chi connectivity index (χ1v) is 7.18. The Bertz CT molecular complexity index is 555. The van der Waals surface area contributed by atoms with Gasteiger partial charge in [-0.05, 0) is 12.8 Å². The van der Waals surface area contributed by atoms with Crippen molar-refractivity contribution in [1.29, 1.82) is 0 Å². The van der Waals surface area contributed by atoms with Gasteiger partial charge in [0, 0.05) is 5.56 Å². The molecule has 0 aliphatic carbocycles. The molecule has 0 atom stereocenters. The van der Waals surface area contributed by atoms with Crippen LogP contribution in [0.1, 0.15) is 12.0 Å². The third-order valence-corrected chi connectivity index (χ3v) is 3.42. The maximum atomic E-state index is 10.8. The van der Waals surface area contributed by atoms with E-state index in [1.807, 2.05) is 0 Å². The number of H-pyrrole nitrogens is 1. The molecule has 1 aromatic rings. The highest BCUT2D eigenvalue weighted by Crippen LogP contribution is 2.15. The first-order valence-electron chi connectivity index (χ1n) is 4.13. The highest BCUT2D eigenvalue weighted by molar-refractivity contribution is 7.86. The second-order valence-corrected chi connectivity index (χ2v) is 5.98. The molecule has 2 radical (unpaired) electrons. The average molecular weight is 267 g/mol. The zero-order chi connectivity index (χ0) is 12.4. The minimum atomic E-state index is -4.39. The smallest absolute Gasteiger partial charge is 0.297 e. The molecule has 1 heterocycles. The lowest BCUT2D eigenvalue weighted by Crippen LogP contribution is -2.06. The van der Waals surface area contributed by atoms with Gasteiger partial charge in [0.25, 0.3) is 20.2 Å². The van der Waals surface area contributed by atoms with Crippen LogP contribution in [-0.4, -0.2) is 36.7 Å². The van der Waals surface area contributed by atoms with E-state index in [1.54, 1.807) is 0 Å². The minimum Gasteiger partial charge on any atom is -0.351 e. The molecule has 1 rings (SSSR count). The second kappa shape index (κ2) is 4.53. The van der Waals surface area contributed by atoms with Crippen molar-refractivity contribution in [2.24, 2.45) is 0 Å². The van der Waals surface area contributed by atoms with Crippen LogP contribution < -0.4 is 0 Å². The molecule has 0 aromatic carbocycles. The Morgan fingerprint density at radius 3 is 2.25 bits per heavy atom. The van der Waals surface area contributed by atoms with Gasteiger partial charge in [-0.2, -0.15) is 16.8 Å². The standard InChI is InChI=1S/C7H9NO6S2/c9-15(10,11)3-1-2-6-4-8-5-7(6)16(12,13)14/h8H,1-3H2,(H,9,10,11)(H,12,13,14). The maximum Gasteiger partial charge on any atom is 0.297 e. The summed E-state index contributed by atoms with van der Waals surface area (Å²) in [5.41, 5.74) is 0.103. The van der Waals surface area contributed by atoms with Crippen LogP contribution in [0.3, 0.4) is 0 Å². The minimum absolute atomic E-state index is 0.0174. The molecule has 1 aromatic heterocycles. The lowest BCUT2D eigenvalue weighted by molar-refractivity contribution is 0.481. The van der Waals surface area contributed by atoms with Crippen molar-refractivity contribution in [3.8, 4) is 0 Å². The van der Waals surface area contributed by atoms with Crippen molar-refractivity contribution in [1.82, 2.24) is 4.98 Å². The molecule has 3 N–H and O–H groups in total. The van der Waals surface area contributed by atoms with Gasteiger partial charge in [-0.25, -0.2) is 0 Å². The number of aryl methyl sites for hydroxylation is 1. The van der Waals surface area contributed by atoms with Crippen LogP contribution in [0.4, 0.5) is 0 Å². The van der Waals surface area contributed by atoms with E-state index in [1.165, 1.54) is 0 Å². The molecule has 0 amide bonds. The van der Waals surface area contributed by atoms with Crippen molar-refractivity contribution in [2.45, 2.75) is 17.7 Å². The highest BCUT2D eigenvalue weighted by atomic mass is 32.2. The Balaban J connectivity index is 2.73. The molecule has 0 unspecified atom stereocenters. The first-order chi connectivity index (χ1) is 7.20. The van der Waals surface area contributed by atoms with E-state index in [9.17, 15) is 16.8 Å².